The molecule has 0 aliphatic carbocycles. The summed E-state index contributed by atoms with van der Waals surface area (Å²) in [6.07, 6.45) is 0.514. The molecule has 0 bridgehead atoms. The summed E-state index contributed by atoms with van der Waals surface area (Å²) in [4.78, 5) is 43.7. The molecule has 2 amide bonds. The Bertz CT molecular complexity index is 1040. The van der Waals surface area contributed by atoms with Crippen molar-refractivity contribution in [2.45, 2.75) is 19.8 Å². The van der Waals surface area contributed by atoms with Crippen molar-refractivity contribution in [2.75, 3.05) is 5.32 Å². The number of nitrogens with zero attached hydrogens (tertiary/aromatic N) is 3. The van der Waals surface area contributed by atoms with Crippen LogP contribution < -0.4 is 10.7 Å². The van der Waals surface area contributed by atoms with E-state index in [1.165, 1.54) is 0 Å². The molecule has 0 saturated carbocycles. The number of nitro groups is 2. The smallest absolute Gasteiger partial charge is 0.318 e. The molecule has 0 saturated heterocycles. The first kappa shape index (κ1) is 21.9. The van der Waals surface area contributed by atoms with Crippen molar-refractivity contribution < 1.29 is 24.5 Å². The molecule has 0 aromatic heterocycles. The summed E-state index contributed by atoms with van der Waals surface area (Å²) in [6, 6.07) is 8.61. The monoisotopic (exact) mass is 415 g/mol. The molecule has 2 aromatic rings. The highest BCUT2D eigenvalue weighted by Gasteiger charge is 2.23. The fourth-order valence-corrected chi connectivity index (χ4v) is 2.35. The second kappa shape index (κ2) is 9.73. The highest BCUT2D eigenvalue weighted by Crippen LogP contribution is 2.33. The van der Waals surface area contributed by atoms with E-state index in [9.17, 15) is 34.9 Å². The number of nitrogens with one attached hydrogen (secondary N) is 2. The van der Waals surface area contributed by atoms with E-state index in [1.807, 2.05) is 19.1 Å². The number of carbonyl (C=O) groups is 2. The molecule has 3 N–H and O–H groups in total. The molecule has 0 unspecified atom stereocenters. The maximum atomic E-state index is 11.9. The zero-order valence-electron chi connectivity index (χ0n) is 15.7. The number of hydrogen-bond donors (Lipinski definition) is 3. The normalized spacial score (nSPS) is 10.6. The van der Waals surface area contributed by atoms with E-state index in [1.54, 1.807) is 12.1 Å². The van der Waals surface area contributed by atoms with Gasteiger partial charge in [-0.05, 0) is 18.6 Å². The summed E-state index contributed by atoms with van der Waals surface area (Å²) in [6.45, 7) is 1.82. The van der Waals surface area contributed by atoms with Gasteiger partial charge in [-0.1, -0.05) is 18.2 Å². The Morgan fingerprint density at radius 2 is 1.77 bits per heavy atom. The van der Waals surface area contributed by atoms with Crippen LogP contribution in [0.4, 0.5) is 17.1 Å². The van der Waals surface area contributed by atoms with Crippen molar-refractivity contribution in [1.82, 2.24) is 5.43 Å². The van der Waals surface area contributed by atoms with E-state index >= 15 is 0 Å². The van der Waals surface area contributed by atoms with Crippen LogP contribution in [0.15, 0.2) is 41.5 Å². The molecule has 0 aliphatic heterocycles. The van der Waals surface area contributed by atoms with Crippen LogP contribution >= 0.6 is 0 Å². The number of non-ortho nitro benzene ring substituents is 1. The van der Waals surface area contributed by atoms with Gasteiger partial charge in [0.25, 0.3) is 5.69 Å². The summed E-state index contributed by atoms with van der Waals surface area (Å²) in [5, 5.41) is 37.8. The number of hydrazone groups is 1. The SMILES string of the molecule is Cc1ccccc1NC(=O)CCC(=O)N/N=C/c1cc([N+](=O)[O-])cc([N+](=O)[O-])c1O. The maximum absolute atomic E-state index is 11.9. The van der Waals surface area contributed by atoms with Gasteiger partial charge in [0.2, 0.25) is 17.6 Å². The van der Waals surface area contributed by atoms with E-state index in [0.717, 1.165) is 17.8 Å². The predicted octanol–water partition coefficient (Wildman–Crippen LogP) is 2.39. The Hall–Kier alpha value is -4.35. The molecule has 0 atom stereocenters. The van der Waals surface area contributed by atoms with Crippen LogP contribution in [0, 0.1) is 27.2 Å². The number of phenolic OH excluding ortho intramolecular Hbond substituents is 1. The molecular formula is C18H17N5O7. The van der Waals surface area contributed by atoms with Gasteiger partial charge in [0, 0.05) is 24.6 Å². The fraction of sp³-hybridized carbons (Fsp3) is 0.167. The number of hydrogen-bond acceptors (Lipinski definition) is 8. The van der Waals surface area contributed by atoms with E-state index in [0.29, 0.717) is 11.8 Å². The summed E-state index contributed by atoms with van der Waals surface area (Å²) in [5.74, 6) is -1.85. The molecule has 0 heterocycles. The standard InChI is InChI=1S/C18H17N5O7/c1-11-4-2-3-5-14(11)20-16(24)6-7-17(25)21-19-10-12-8-13(22(27)28)9-15(18(12)26)23(29)30/h2-5,8-10,26H,6-7H2,1H3,(H,20,24)(H,21,25)/b19-10+. The molecule has 0 fully saturated rings. The van der Waals surface area contributed by atoms with Crippen molar-refractivity contribution >= 4 is 35.1 Å². The number of anilines is 1. The summed E-state index contributed by atoms with van der Waals surface area (Å²) < 4.78 is 0. The second-order valence-corrected chi connectivity index (χ2v) is 6.07. The molecule has 30 heavy (non-hydrogen) atoms. The molecule has 12 heteroatoms. The van der Waals surface area contributed by atoms with Crippen molar-refractivity contribution in [3.8, 4) is 5.75 Å². The number of phenols is 1. The first-order valence-corrected chi connectivity index (χ1v) is 8.52. The quantitative estimate of drug-likeness (QED) is 0.336. The predicted molar refractivity (Wildman–Crippen MR) is 106 cm³/mol. The van der Waals surface area contributed by atoms with Gasteiger partial charge < -0.3 is 10.4 Å². The minimum absolute atomic E-state index is 0.122. The van der Waals surface area contributed by atoms with E-state index in [2.05, 4.69) is 15.8 Å². The van der Waals surface area contributed by atoms with Crippen LogP contribution in [-0.2, 0) is 9.59 Å². The first-order chi connectivity index (χ1) is 14.2. The Morgan fingerprint density at radius 3 is 2.40 bits per heavy atom. The summed E-state index contributed by atoms with van der Waals surface area (Å²) in [5.41, 5.74) is 1.76. The Morgan fingerprint density at radius 1 is 1.10 bits per heavy atom. The zero-order valence-corrected chi connectivity index (χ0v) is 15.7. The lowest BCUT2D eigenvalue weighted by molar-refractivity contribution is -0.394. The average molecular weight is 415 g/mol. The van der Waals surface area contributed by atoms with Crippen molar-refractivity contribution in [3.63, 3.8) is 0 Å². The van der Waals surface area contributed by atoms with E-state index in [4.69, 9.17) is 0 Å². The van der Waals surface area contributed by atoms with E-state index in [-0.39, 0.29) is 24.3 Å². The van der Waals surface area contributed by atoms with Crippen molar-refractivity contribution in [1.29, 1.82) is 0 Å². The van der Waals surface area contributed by atoms with Crippen LogP contribution in [0.25, 0.3) is 0 Å². The lowest BCUT2D eigenvalue weighted by Gasteiger charge is -2.07. The minimum Gasteiger partial charge on any atom is -0.502 e. The number of aromatic hydroxyl groups is 1. The molecule has 2 rings (SSSR count). The molecular weight excluding hydrogens is 398 g/mol. The third-order valence-electron chi connectivity index (χ3n) is 3.90. The number of rotatable bonds is 8. The first-order valence-electron chi connectivity index (χ1n) is 8.52. The van der Waals surface area contributed by atoms with Gasteiger partial charge in [0.05, 0.1) is 27.7 Å². The Balaban J connectivity index is 1.96. The number of para-hydroxylation sites is 1. The van der Waals surface area contributed by atoms with Gasteiger partial charge in [-0.2, -0.15) is 5.10 Å². The number of aryl methyl sites for hydroxylation is 1. The Kier molecular flexibility index (Phi) is 7.11. The minimum atomic E-state index is -0.981. The van der Waals surface area contributed by atoms with E-state index < -0.39 is 32.9 Å². The third kappa shape index (κ3) is 5.82. The van der Waals surface area contributed by atoms with Gasteiger partial charge >= 0.3 is 5.69 Å². The molecule has 2 aromatic carbocycles. The van der Waals surface area contributed by atoms with Crippen LogP contribution in [0.2, 0.25) is 0 Å². The highest BCUT2D eigenvalue weighted by molar-refractivity contribution is 5.94. The van der Waals surface area contributed by atoms with Gasteiger partial charge in [-0.3, -0.25) is 29.8 Å². The maximum Gasteiger partial charge on any atom is 0.318 e. The highest BCUT2D eigenvalue weighted by atomic mass is 16.6. The van der Waals surface area contributed by atoms with Gasteiger partial charge in [0.1, 0.15) is 0 Å². The fourth-order valence-electron chi connectivity index (χ4n) is 2.35. The molecule has 12 nitrogen and oxygen atoms in total. The summed E-state index contributed by atoms with van der Waals surface area (Å²) in [7, 11) is 0. The van der Waals surface area contributed by atoms with Crippen LogP contribution in [0.5, 0.6) is 5.75 Å². The van der Waals surface area contributed by atoms with Crippen LogP contribution in [0.1, 0.15) is 24.0 Å². The Labute approximate surface area is 169 Å². The number of amides is 2. The summed E-state index contributed by atoms with van der Waals surface area (Å²) >= 11 is 0. The number of nitro benzene ring substituents is 2. The second-order valence-electron chi connectivity index (χ2n) is 6.07. The largest absolute Gasteiger partial charge is 0.502 e. The van der Waals surface area contributed by atoms with Gasteiger partial charge in [-0.15, -0.1) is 0 Å². The van der Waals surface area contributed by atoms with Crippen LogP contribution in [-0.4, -0.2) is 33.0 Å². The number of carbonyl (C=O) groups excluding carboxylic acids is 2. The van der Waals surface area contributed by atoms with Gasteiger partial charge in [-0.25, -0.2) is 5.43 Å². The lowest BCUT2D eigenvalue weighted by Crippen LogP contribution is -2.20. The van der Waals surface area contributed by atoms with Gasteiger partial charge in [0.15, 0.2) is 0 Å². The van der Waals surface area contributed by atoms with Crippen molar-refractivity contribution in [3.05, 3.63) is 67.8 Å². The topological polar surface area (TPSA) is 177 Å². The zero-order chi connectivity index (χ0) is 22.3. The lowest BCUT2D eigenvalue weighted by atomic mass is 10.1. The van der Waals surface area contributed by atoms with Crippen molar-refractivity contribution in [2.24, 2.45) is 5.10 Å². The molecule has 0 spiro atoms. The average Bonchev–Trinajstić information content (AvgIpc) is 2.69. The molecule has 0 aliphatic rings. The van der Waals surface area contributed by atoms with Crippen LogP contribution in [0.3, 0.4) is 0 Å². The molecule has 156 valence electrons. The molecule has 0 radical (unpaired) electrons. The number of benzene rings is 2. The third-order valence-corrected chi connectivity index (χ3v) is 3.90.